The maximum atomic E-state index is 11.5. The summed E-state index contributed by atoms with van der Waals surface area (Å²) in [5.74, 6) is 0.0888. The van der Waals surface area contributed by atoms with E-state index in [1.165, 1.54) is 0 Å². The number of hydrogen-bond acceptors (Lipinski definition) is 3. The molecule has 0 aromatic rings. The number of nitrogens with zero attached hydrogens (tertiary/aromatic N) is 1. The van der Waals surface area contributed by atoms with Gasteiger partial charge in [0.25, 0.3) is 0 Å². The lowest BCUT2D eigenvalue weighted by Crippen LogP contribution is -2.44. The van der Waals surface area contributed by atoms with Crippen LogP contribution < -0.4 is 5.32 Å². The number of carbonyl (C=O) groups is 1. The van der Waals surface area contributed by atoms with Crippen LogP contribution in [0, 0.1) is 0 Å². The van der Waals surface area contributed by atoms with Crippen LogP contribution in [0.3, 0.4) is 0 Å². The van der Waals surface area contributed by atoms with Gasteiger partial charge < -0.3 is 15.3 Å². The minimum atomic E-state index is -0.414. The maximum absolute atomic E-state index is 11.5. The van der Waals surface area contributed by atoms with Gasteiger partial charge in [-0.3, -0.25) is 4.79 Å². The summed E-state index contributed by atoms with van der Waals surface area (Å²) in [6.07, 6.45) is 1.52. The Morgan fingerprint density at radius 1 is 1.77 bits per heavy atom. The average molecular weight is 186 g/mol. The normalized spacial score (nSPS) is 24.8. The summed E-state index contributed by atoms with van der Waals surface area (Å²) in [6.45, 7) is 2.90. The number of likely N-dealkylation sites (tertiary alicyclic amines) is 1. The third-order valence-electron chi connectivity index (χ3n) is 2.50. The van der Waals surface area contributed by atoms with E-state index in [-0.39, 0.29) is 11.9 Å². The molecule has 0 spiro atoms. The quantitative estimate of drug-likeness (QED) is 0.629. The predicted octanol–water partition coefficient (Wildman–Crippen LogP) is -0.422. The number of hydrogen-bond donors (Lipinski definition) is 2. The molecule has 2 atom stereocenters. The fourth-order valence-electron chi connectivity index (χ4n) is 1.86. The first-order valence-corrected chi connectivity index (χ1v) is 4.79. The van der Waals surface area contributed by atoms with Crippen molar-refractivity contribution >= 4 is 5.91 Å². The monoisotopic (exact) mass is 186 g/mol. The second-order valence-electron chi connectivity index (χ2n) is 3.57. The van der Waals surface area contributed by atoms with Gasteiger partial charge in [-0.15, -0.1) is 0 Å². The molecule has 1 unspecified atom stereocenters. The molecule has 0 aliphatic carbocycles. The molecule has 4 nitrogen and oxygen atoms in total. The van der Waals surface area contributed by atoms with E-state index in [9.17, 15) is 9.90 Å². The molecule has 1 heterocycles. The van der Waals surface area contributed by atoms with Crippen LogP contribution >= 0.6 is 0 Å². The molecule has 0 saturated carbocycles. The molecule has 1 aliphatic rings. The Morgan fingerprint density at radius 3 is 3.00 bits per heavy atom. The van der Waals surface area contributed by atoms with Gasteiger partial charge in [0.05, 0.1) is 18.7 Å². The summed E-state index contributed by atoms with van der Waals surface area (Å²) in [7, 11) is 1.76. The van der Waals surface area contributed by atoms with Gasteiger partial charge in [0.2, 0.25) is 5.91 Å². The molecule has 1 aliphatic heterocycles. The molecular weight excluding hydrogens is 168 g/mol. The Labute approximate surface area is 78.9 Å². The van der Waals surface area contributed by atoms with Crippen molar-refractivity contribution in [2.75, 3.05) is 20.1 Å². The summed E-state index contributed by atoms with van der Waals surface area (Å²) in [4.78, 5) is 13.3. The second-order valence-corrected chi connectivity index (χ2v) is 3.57. The number of aliphatic hydroxyl groups is 1. The molecule has 1 rings (SSSR count). The first kappa shape index (κ1) is 10.5. The standard InChI is InChI=1S/C9H18N2O2/c1-7(12)8-4-3-5-11(8)9(13)6-10-2/h7-8,10,12H,3-6H2,1-2H3/t7?,8-/m0/s1. The van der Waals surface area contributed by atoms with Crippen molar-refractivity contribution in [2.24, 2.45) is 0 Å². The molecule has 13 heavy (non-hydrogen) atoms. The van der Waals surface area contributed by atoms with Crippen LogP contribution in [-0.4, -0.2) is 48.2 Å². The highest BCUT2D eigenvalue weighted by Gasteiger charge is 2.31. The summed E-state index contributed by atoms with van der Waals surface area (Å²) < 4.78 is 0. The fourth-order valence-corrected chi connectivity index (χ4v) is 1.86. The van der Waals surface area contributed by atoms with E-state index in [1.807, 2.05) is 0 Å². The number of nitrogens with one attached hydrogen (secondary N) is 1. The molecule has 76 valence electrons. The van der Waals surface area contributed by atoms with E-state index in [0.29, 0.717) is 6.54 Å². The molecule has 2 N–H and O–H groups in total. The molecule has 0 aromatic heterocycles. The largest absolute Gasteiger partial charge is 0.391 e. The lowest BCUT2D eigenvalue weighted by atomic mass is 10.1. The first-order chi connectivity index (χ1) is 6.16. The van der Waals surface area contributed by atoms with Crippen LogP contribution in [-0.2, 0) is 4.79 Å². The zero-order chi connectivity index (χ0) is 9.84. The Bertz CT molecular complexity index is 182. The second kappa shape index (κ2) is 4.58. The highest BCUT2D eigenvalue weighted by molar-refractivity contribution is 5.78. The molecule has 1 amide bonds. The first-order valence-electron chi connectivity index (χ1n) is 4.79. The molecule has 1 saturated heterocycles. The van der Waals surface area contributed by atoms with Crippen LogP contribution in [0.15, 0.2) is 0 Å². The summed E-state index contributed by atoms with van der Waals surface area (Å²) >= 11 is 0. The van der Waals surface area contributed by atoms with Gasteiger partial charge in [-0.1, -0.05) is 0 Å². The van der Waals surface area contributed by atoms with Crippen LogP contribution in [0.4, 0.5) is 0 Å². The lowest BCUT2D eigenvalue weighted by Gasteiger charge is -2.26. The van der Waals surface area contributed by atoms with Crippen molar-refractivity contribution in [3.05, 3.63) is 0 Å². The van der Waals surface area contributed by atoms with Crippen LogP contribution in [0.1, 0.15) is 19.8 Å². The Morgan fingerprint density at radius 2 is 2.46 bits per heavy atom. The van der Waals surface area contributed by atoms with E-state index in [1.54, 1.807) is 18.9 Å². The number of rotatable bonds is 3. The van der Waals surface area contributed by atoms with Crippen molar-refractivity contribution < 1.29 is 9.90 Å². The van der Waals surface area contributed by atoms with Crippen LogP contribution in [0.2, 0.25) is 0 Å². The Balaban J connectivity index is 2.52. The van der Waals surface area contributed by atoms with Gasteiger partial charge in [-0.05, 0) is 26.8 Å². The van der Waals surface area contributed by atoms with E-state index in [0.717, 1.165) is 19.4 Å². The smallest absolute Gasteiger partial charge is 0.236 e. The van der Waals surface area contributed by atoms with Gasteiger partial charge in [-0.2, -0.15) is 0 Å². The molecule has 0 radical (unpaired) electrons. The van der Waals surface area contributed by atoms with Gasteiger partial charge in [0.15, 0.2) is 0 Å². The van der Waals surface area contributed by atoms with E-state index < -0.39 is 6.10 Å². The number of amides is 1. The molecular formula is C9H18N2O2. The number of likely N-dealkylation sites (N-methyl/N-ethyl adjacent to an activating group) is 1. The van der Waals surface area contributed by atoms with Gasteiger partial charge in [0, 0.05) is 6.54 Å². The topological polar surface area (TPSA) is 52.6 Å². The molecule has 1 fully saturated rings. The Hall–Kier alpha value is -0.610. The zero-order valence-electron chi connectivity index (χ0n) is 8.29. The van der Waals surface area contributed by atoms with Gasteiger partial charge >= 0.3 is 0 Å². The van der Waals surface area contributed by atoms with Crippen molar-refractivity contribution in [3.63, 3.8) is 0 Å². The minimum absolute atomic E-state index is 0.0286. The molecule has 4 heteroatoms. The fraction of sp³-hybridized carbons (Fsp3) is 0.889. The van der Waals surface area contributed by atoms with E-state index in [4.69, 9.17) is 0 Å². The Kier molecular flexibility index (Phi) is 3.69. The van der Waals surface area contributed by atoms with Crippen LogP contribution in [0.5, 0.6) is 0 Å². The summed E-state index contributed by atoms with van der Waals surface area (Å²) in [5, 5.41) is 12.3. The van der Waals surface area contributed by atoms with Crippen molar-refractivity contribution in [2.45, 2.75) is 31.9 Å². The summed E-state index contributed by atoms with van der Waals surface area (Å²) in [5.41, 5.74) is 0. The van der Waals surface area contributed by atoms with Crippen molar-refractivity contribution in [3.8, 4) is 0 Å². The summed E-state index contributed by atoms with van der Waals surface area (Å²) in [6, 6.07) is 0.0286. The van der Waals surface area contributed by atoms with Crippen molar-refractivity contribution in [1.29, 1.82) is 0 Å². The van der Waals surface area contributed by atoms with Gasteiger partial charge in [-0.25, -0.2) is 0 Å². The minimum Gasteiger partial charge on any atom is -0.391 e. The lowest BCUT2D eigenvalue weighted by molar-refractivity contribution is -0.132. The average Bonchev–Trinajstić information content (AvgIpc) is 2.52. The predicted molar refractivity (Wildman–Crippen MR) is 50.3 cm³/mol. The molecule has 0 aromatic carbocycles. The third-order valence-corrected chi connectivity index (χ3v) is 2.50. The number of carbonyl (C=O) groups excluding carboxylic acids is 1. The van der Waals surface area contributed by atoms with E-state index in [2.05, 4.69) is 5.32 Å². The third kappa shape index (κ3) is 2.42. The number of aliphatic hydroxyl groups excluding tert-OH is 1. The SMILES string of the molecule is CNCC(=O)N1CCC[C@H]1C(C)O. The van der Waals surface area contributed by atoms with Crippen molar-refractivity contribution in [1.82, 2.24) is 10.2 Å². The molecule has 0 bridgehead atoms. The van der Waals surface area contributed by atoms with E-state index >= 15 is 0 Å². The van der Waals surface area contributed by atoms with Crippen LogP contribution in [0.25, 0.3) is 0 Å². The highest BCUT2D eigenvalue weighted by Crippen LogP contribution is 2.19. The van der Waals surface area contributed by atoms with Gasteiger partial charge in [0.1, 0.15) is 0 Å². The highest BCUT2D eigenvalue weighted by atomic mass is 16.3. The zero-order valence-corrected chi connectivity index (χ0v) is 8.29. The maximum Gasteiger partial charge on any atom is 0.236 e.